The molecule has 1 N–H and O–H groups in total. The van der Waals surface area contributed by atoms with Gasteiger partial charge in [0.15, 0.2) is 6.10 Å². The maximum atomic E-state index is 12.3. The van der Waals surface area contributed by atoms with Crippen LogP contribution in [0.4, 0.5) is 13.2 Å². The first-order valence-electron chi connectivity index (χ1n) is 5.21. The number of aliphatic hydroxyl groups excluding tert-OH is 1. The van der Waals surface area contributed by atoms with Gasteiger partial charge in [-0.05, 0) is 18.3 Å². The van der Waals surface area contributed by atoms with Gasteiger partial charge in [0.25, 0.3) is 0 Å². The molecule has 84 valence electrons. The topological polar surface area (TPSA) is 20.2 Å². The molecule has 0 spiro atoms. The molecule has 0 aliphatic heterocycles. The molecule has 0 heterocycles. The lowest BCUT2D eigenvalue weighted by molar-refractivity contribution is -0.227. The van der Waals surface area contributed by atoms with E-state index in [2.05, 4.69) is 0 Å². The quantitative estimate of drug-likeness (QED) is 0.742. The molecule has 1 saturated carbocycles. The van der Waals surface area contributed by atoms with Gasteiger partial charge in [0, 0.05) is 0 Å². The number of halogens is 3. The van der Waals surface area contributed by atoms with Crippen LogP contribution in [0.3, 0.4) is 0 Å². The molecule has 3 atom stereocenters. The molecule has 0 radical (unpaired) electrons. The van der Waals surface area contributed by atoms with Gasteiger partial charge in [-0.25, -0.2) is 0 Å². The zero-order chi connectivity index (χ0) is 10.8. The summed E-state index contributed by atoms with van der Waals surface area (Å²) in [5, 5.41) is 9.19. The molecule has 0 aromatic rings. The Morgan fingerprint density at radius 3 is 2.36 bits per heavy atom. The van der Waals surface area contributed by atoms with E-state index in [4.69, 9.17) is 0 Å². The van der Waals surface area contributed by atoms with Gasteiger partial charge in [0.05, 0.1) is 0 Å². The summed E-state index contributed by atoms with van der Waals surface area (Å²) in [5.41, 5.74) is 0. The predicted octanol–water partition coefficient (Wildman–Crippen LogP) is 3.13. The molecular formula is C10H17F3O. The molecule has 0 saturated heterocycles. The van der Waals surface area contributed by atoms with Crippen LogP contribution in [0.25, 0.3) is 0 Å². The van der Waals surface area contributed by atoms with Crippen molar-refractivity contribution >= 4 is 0 Å². The van der Waals surface area contributed by atoms with Gasteiger partial charge >= 0.3 is 6.18 Å². The third-order valence-corrected chi connectivity index (χ3v) is 3.23. The molecule has 0 amide bonds. The van der Waals surface area contributed by atoms with Crippen LogP contribution >= 0.6 is 0 Å². The number of alkyl halides is 3. The van der Waals surface area contributed by atoms with Gasteiger partial charge in [-0.2, -0.15) is 13.2 Å². The first-order valence-corrected chi connectivity index (χ1v) is 5.21. The van der Waals surface area contributed by atoms with Crippen molar-refractivity contribution in [2.24, 2.45) is 11.8 Å². The maximum absolute atomic E-state index is 12.3. The number of aliphatic hydroxyl groups is 1. The minimum atomic E-state index is -4.45. The third-order valence-electron chi connectivity index (χ3n) is 3.23. The zero-order valence-electron chi connectivity index (χ0n) is 8.35. The lowest BCUT2D eigenvalue weighted by Crippen LogP contribution is -2.40. The Morgan fingerprint density at radius 1 is 1.29 bits per heavy atom. The van der Waals surface area contributed by atoms with E-state index in [1.807, 2.05) is 6.92 Å². The van der Waals surface area contributed by atoms with Crippen molar-refractivity contribution in [2.75, 3.05) is 0 Å². The summed E-state index contributed by atoms with van der Waals surface area (Å²) in [6.45, 7) is 1.89. The molecule has 1 rings (SSSR count). The van der Waals surface area contributed by atoms with Crippen molar-refractivity contribution in [3.8, 4) is 0 Å². The Bertz CT molecular complexity index is 179. The molecular weight excluding hydrogens is 193 g/mol. The van der Waals surface area contributed by atoms with Gasteiger partial charge in [0.1, 0.15) is 0 Å². The molecule has 0 bridgehead atoms. The molecule has 1 aliphatic rings. The Labute approximate surface area is 82.3 Å². The molecule has 1 nitrogen and oxygen atoms in total. The van der Waals surface area contributed by atoms with Crippen molar-refractivity contribution < 1.29 is 18.3 Å². The highest BCUT2D eigenvalue weighted by Crippen LogP contribution is 2.39. The Balaban J connectivity index is 2.63. The summed E-state index contributed by atoms with van der Waals surface area (Å²) in [7, 11) is 0. The van der Waals surface area contributed by atoms with E-state index in [1.54, 1.807) is 0 Å². The van der Waals surface area contributed by atoms with Crippen molar-refractivity contribution in [3.05, 3.63) is 0 Å². The second kappa shape index (κ2) is 4.51. The third kappa shape index (κ3) is 2.62. The van der Waals surface area contributed by atoms with Crippen LogP contribution in [0, 0.1) is 11.8 Å². The summed E-state index contributed by atoms with van der Waals surface area (Å²) in [6, 6.07) is 0. The van der Waals surface area contributed by atoms with E-state index in [9.17, 15) is 18.3 Å². The summed E-state index contributed by atoms with van der Waals surface area (Å²) in [4.78, 5) is 0. The van der Waals surface area contributed by atoms with Crippen LogP contribution in [0.1, 0.15) is 39.0 Å². The number of hydrogen-bond acceptors (Lipinski definition) is 1. The van der Waals surface area contributed by atoms with Crippen LogP contribution in [0.5, 0.6) is 0 Å². The van der Waals surface area contributed by atoms with E-state index >= 15 is 0 Å². The van der Waals surface area contributed by atoms with E-state index in [-0.39, 0.29) is 5.92 Å². The fraction of sp³-hybridized carbons (Fsp3) is 1.00. The molecule has 0 aromatic carbocycles. The lowest BCUT2D eigenvalue weighted by Gasteiger charge is -2.34. The first-order chi connectivity index (χ1) is 6.46. The minimum Gasteiger partial charge on any atom is -0.383 e. The summed E-state index contributed by atoms with van der Waals surface area (Å²) < 4.78 is 36.9. The molecule has 2 unspecified atom stereocenters. The monoisotopic (exact) mass is 210 g/mol. The maximum Gasteiger partial charge on any atom is 0.414 e. The Hall–Kier alpha value is -0.250. The average Bonchev–Trinajstić information content (AvgIpc) is 2.15. The second-order valence-electron chi connectivity index (χ2n) is 4.10. The molecule has 4 heteroatoms. The van der Waals surface area contributed by atoms with E-state index < -0.39 is 18.2 Å². The smallest absolute Gasteiger partial charge is 0.383 e. The Morgan fingerprint density at radius 2 is 1.86 bits per heavy atom. The summed E-state index contributed by atoms with van der Waals surface area (Å²) >= 11 is 0. The first kappa shape index (κ1) is 11.8. The summed E-state index contributed by atoms with van der Waals surface area (Å²) in [5.74, 6) is -0.533. The van der Waals surface area contributed by atoms with Gasteiger partial charge in [0.2, 0.25) is 0 Å². The molecule has 0 aromatic heterocycles. The van der Waals surface area contributed by atoms with E-state index in [0.717, 1.165) is 25.7 Å². The second-order valence-corrected chi connectivity index (χ2v) is 4.10. The highest BCUT2D eigenvalue weighted by atomic mass is 19.4. The highest BCUT2D eigenvalue weighted by molar-refractivity contribution is 4.83. The van der Waals surface area contributed by atoms with Crippen LogP contribution in [0.2, 0.25) is 0 Å². The fourth-order valence-electron chi connectivity index (χ4n) is 2.40. The van der Waals surface area contributed by atoms with Crippen molar-refractivity contribution in [1.82, 2.24) is 0 Å². The standard InChI is InChI=1S/C10H17F3O/c1-2-7-5-3-4-6-8(7)9(14)10(11,12)13/h7-9,14H,2-6H2,1H3/t7?,8?,9-/m0/s1. The van der Waals surface area contributed by atoms with Crippen LogP contribution in [-0.2, 0) is 0 Å². The van der Waals surface area contributed by atoms with Gasteiger partial charge < -0.3 is 5.11 Å². The van der Waals surface area contributed by atoms with Crippen LogP contribution in [0.15, 0.2) is 0 Å². The number of hydrogen-bond donors (Lipinski definition) is 1. The summed E-state index contributed by atoms with van der Waals surface area (Å²) in [6.07, 6.45) is -2.68. The normalized spacial score (nSPS) is 31.5. The largest absolute Gasteiger partial charge is 0.414 e. The lowest BCUT2D eigenvalue weighted by atomic mass is 9.75. The van der Waals surface area contributed by atoms with Crippen molar-refractivity contribution in [1.29, 1.82) is 0 Å². The van der Waals surface area contributed by atoms with Gasteiger partial charge in [-0.1, -0.05) is 32.6 Å². The average molecular weight is 210 g/mol. The van der Waals surface area contributed by atoms with Gasteiger partial charge in [-0.3, -0.25) is 0 Å². The minimum absolute atomic E-state index is 0.0420. The zero-order valence-corrected chi connectivity index (χ0v) is 8.35. The van der Waals surface area contributed by atoms with Crippen molar-refractivity contribution in [3.63, 3.8) is 0 Å². The van der Waals surface area contributed by atoms with E-state index in [1.165, 1.54) is 0 Å². The molecule has 1 fully saturated rings. The number of rotatable bonds is 2. The molecule has 14 heavy (non-hydrogen) atoms. The van der Waals surface area contributed by atoms with Crippen LogP contribution in [-0.4, -0.2) is 17.4 Å². The van der Waals surface area contributed by atoms with Crippen LogP contribution < -0.4 is 0 Å². The fourth-order valence-corrected chi connectivity index (χ4v) is 2.40. The Kier molecular flexibility index (Phi) is 3.81. The van der Waals surface area contributed by atoms with Crippen molar-refractivity contribution in [2.45, 2.75) is 51.3 Å². The highest BCUT2D eigenvalue weighted by Gasteiger charge is 2.46. The molecule has 1 aliphatic carbocycles. The van der Waals surface area contributed by atoms with E-state index in [0.29, 0.717) is 6.42 Å². The van der Waals surface area contributed by atoms with Gasteiger partial charge in [-0.15, -0.1) is 0 Å². The SMILES string of the molecule is CCC1CCCCC1[C@H](O)C(F)(F)F. The predicted molar refractivity (Wildman–Crippen MR) is 47.8 cm³/mol.